The molecule has 1 aliphatic rings. The summed E-state index contributed by atoms with van der Waals surface area (Å²) in [5.41, 5.74) is 0.757. The Morgan fingerprint density at radius 2 is 2.15 bits per heavy atom. The van der Waals surface area contributed by atoms with Gasteiger partial charge in [0.2, 0.25) is 0 Å². The number of nitrogens with zero attached hydrogens (tertiary/aromatic N) is 2. The third-order valence-electron chi connectivity index (χ3n) is 3.27. The van der Waals surface area contributed by atoms with Gasteiger partial charge in [0, 0.05) is 60.9 Å². The Hall–Kier alpha value is -0.820. The van der Waals surface area contributed by atoms with Gasteiger partial charge in [-0.3, -0.25) is 10.1 Å². The summed E-state index contributed by atoms with van der Waals surface area (Å²) < 4.78 is 0. The Balaban J connectivity index is 1.80. The van der Waals surface area contributed by atoms with E-state index in [0.29, 0.717) is 17.1 Å². The van der Waals surface area contributed by atoms with Crippen molar-refractivity contribution in [2.75, 3.05) is 37.7 Å². The zero-order valence-electron chi connectivity index (χ0n) is 11.2. The minimum absolute atomic E-state index is 0.0828. The van der Waals surface area contributed by atoms with Crippen molar-refractivity contribution in [1.29, 1.82) is 0 Å². The Morgan fingerprint density at radius 3 is 2.85 bits per heavy atom. The number of hydrogen-bond acceptors (Lipinski definition) is 5. The molecule has 0 unspecified atom stereocenters. The van der Waals surface area contributed by atoms with E-state index in [0.717, 1.165) is 26.2 Å². The van der Waals surface area contributed by atoms with Crippen molar-refractivity contribution in [3.8, 4) is 0 Å². The van der Waals surface area contributed by atoms with Crippen LogP contribution >= 0.6 is 23.4 Å². The number of rotatable bonds is 6. The molecule has 1 N–H and O–H groups in total. The summed E-state index contributed by atoms with van der Waals surface area (Å²) in [6.45, 7) is 4.59. The molecule has 0 atom stereocenters. The van der Waals surface area contributed by atoms with E-state index in [1.807, 2.05) is 11.8 Å². The molecule has 1 heterocycles. The van der Waals surface area contributed by atoms with Gasteiger partial charge < -0.3 is 10.2 Å². The van der Waals surface area contributed by atoms with Crippen molar-refractivity contribution in [2.45, 2.75) is 6.54 Å². The van der Waals surface area contributed by atoms with Crippen molar-refractivity contribution in [3.63, 3.8) is 0 Å². The van der Waals surface area contributed by atoms with Crippen LogP contribution in [0.4, 0.5) is 5.69 Å². The largest absolute Gasteiger partial charge is 0.311 e. The number of hydrogen-bond donors (Lipinski definition) is 1. The molecule has 0 spiro atoms. The van der Waals surface area contributed by atoms with E-state index in [-0.39, 0.29) is 10.6 Å². The van der Waals surface area contributed by atoms with Gasteiger partial charge in [-0.05, 0) is 12.1 Å². The topological polar surface area (TPSA) is 58.4 Å². The smallest absolute Gasteiger partial charge is 0.275 e. The molecule has 0 saturated carbocycles. The number of nitrogens with one attached hydrogen (secondary N) is 1. The fourth-order valence-corrected chi connectivity index (χ4v) is 3.29. The molecule has 0 aliphatic carbocycles. The zero-order valence-corrected chi connectivity index (χ0v) is 12.8. The molecular formula is C13H18ClN3O2S. The van der Waals surface area contributed by atoms with Crippen LogP contribution in [0.5, 0.6) is 0 Å². The van der Waals surface area contributed by atoms with Gasteiger partial charge in [-0.2, -0.15) is 11.8 Å². The summed E-state index contributed by atoms with van der Waals surface area (Å²) in [5, 5.41) is 14.6. The molecule has 20 heavy (non-hydrogen) atoms. The van der Waals surface area contributed by atoms with E-state index in [1.54, 1.807) is 12.1 Å². The highest BCUT2D eigenvalue weighted by molar-refractivity contribution is 7.99. The molecule has 1 aromatic rings. The van der Waals surface area contributed by atoms with Gasteiger partial charge in [-0.25, -0.2) is 0 Å². The van der Waals surface area contributed by atoms with Crippen LogP contribution in [0.25, 0.3) is 0 Å². The van der Waals surface area contributed by atoms with Gasteiger partial charge in [0.25, 0.3) is 5.69 Å². The van der Waals surface area contributed by atoms with E-state index < -0.39 is 0 Å². The highest BCUT2D eigenvalue weighted by Gasteiger charge is 2.14. The van der Waals surface area contributed by atoms with Gasteiger partial charge in [-0.15, -0.1) is 0 Å². The maximum atomic E-state index is 11.0. The maximum absolute atomic E-state index is 11.0. The van der Waals surface area contributed by atoms with E-state index in [4.69, 9.17) is 11.6 Å². The van der Waals surface area contributed by atoms with Crippen LogP contribution in [0.3, 0.4) is 0 Å². The first kappa shape index (κ1) is 15.6. The average molecular weight is 316 g/mol. The molecule has 0 aromatic heterocycles. The van der Waals surface area contributed by atoms with Gasteiger partial charge in [0.05, 0.1) is 4.92 Å². The number of nitro benzene ring substituents is 1. The number of nitro groups is 1. The summed E-state index contributed by atoms with van der Waals surface area (Å²) in [5.74, 6) is 2.39. The van der Waals surface area contributed by atoms with Gasteiger partial charge >= 0.3 is 0 Å². The average Bonchev–Trinajstić information content (AvgIpc) is 2.45. The lowest BCUT2D eigenvalue weighted by atomic mass is 10.2. The predicted octanol–water partition coefficient (Wildman–Crippen LogP) is 2.39. The van der Waals surface area contributed by atoms with Crippen LogP contribution in [-0.4, -0.2) is 47.5 Å². The van der Waals surface area contributed by atoms with Crippen LogP contribution in [0.2, 0.25) is 5.02 Å². The molecule has 1 aliphatic heterocycles. The van der Waals surface area contributed by atoms with Crippen molar-refractivity contribution in [2.24, 2.45) is 0 Å². The Bertz CT molecular complexity index is 467. The molecule has 5 nitrogen and oxygen atoms in total. The minimum Gasteiger partial charge on any atom is -0.311 e. The molecule has 0 bridgehead atoms. The van der Waals surface area contributed by atoms with Crippen LogP contribution < -0.4 is 5.32 Å². The maximum Gasteiger partial charge on any atom is 0.275 e. The Morgan fingerprint density at radius 1 is 1.40 bits per heavy atom. The van der Waals surface area contributed by atoms with Gasteiger partial charge in [0.15, 0.2) is 0 Å². The summed E-state index contributed by atoms with van der Waals surface area (Å²) >= 11 is 7.78. The summed E-state index contributed by atoms with van der Waals surface area (Å²) in [4.78, 5) is 13.0. The van der Waals surface area contributed by atoms with E-state index in [1.165, 1.54) is 17.6 Å². The molecule has 1 fully saturated rings. The first-order chi connectivity index (χ1) is 9.66. The zero-order chi connectivity index (χ0) is 14.4. The van der Waals surface area contributed by atoms with Gasteiger partial charge in [-0.1, -0.05) is 11.6 Å². The standard InChI is InChI=1S/C13H18ClN3O2S/c14-12-2-1-11(13(9-12)17(18)19)10-15-3-4-16-5-7-20-8-6-16/h1-2,9,15H,3-8,10H2. The second kappa shape index (κ2) is 7.83. The SMILES string of the molecule is O=[N+]([O-])c1cc(Cl)ccc1CNCCN1CCSCC1. The second-order valence-electron chi connectivity index (χ2n) is 4.66. The van der Waals surface area contributed by atoms with Crippen molar-refractivity contribution >= 4 is 29.1 Å². The molecule has 7 heteroatoms. The molecule has 0 amide bonds. The highest BCUT2D eigenvalue weighted by Crippen LogP contribution is 2.22. The van der Waals surface area contributed by atoms with E-state index in [9.17, 15) is 10.1 Å². The lowest BCUT2D eigenvalue weighted by Crippen LogP contribution is -2.37. The van der Waals surface area contributed by atoms with Crippen LogP contribution in [-0.2, 0) is 6.54 Å². The summed E-state index contributed by atoms with van der Waals surface area (Å²) in [6.07, 6.45) is 0. The number of halogens is 1. The lowest BCUT2D eigenvalue weighted by molar-refractivity contribution is -0.385. The first-order valence-corrected chi connectivity index (χ1v) is 8.14. The van der Waals surface area contributed by atoms with Crippen molar-refractivity contribution in [3.05, 3.63) is 38.9 Å². The molecule has 1 aromatic carbocycles. The van der Waals surface area contributed by atoms with E-state index >= 15 is 0 Å². The summed E-state index contributed by atoms with van der Waals surface area (Å²) in [6, 6.07) is 4.80. The van der Waals surface area contributed by atoms with Crippen LogP contribution in [0, 0.1) is 10.1 Å². The lowest BCUT2D eigenvalue weighted by Gasteiger charge is -2.26. The normalized spacial score (nSPS) is 16.2. The first-order valence-electron chi connectivity index (χ1n) is 6.60. The number of thioether (sulfide) groups is 1. The van der Waals surface area contributed by atoms with Crippen molar-refractivity contribution in [1.82, 2.24) is 10.2 Å². The summed E-state index contributed by atoms with van der Waals surface area (Å²) in [7, 11) is 0. The quantitative estimate of drug-likeness (QED) is 0.496. The third kappa shape index (κ3) is 4.63. The van der Waals surface area contributed by atoms with E-state index in [2.05, 4.69) is 10.2 Å². The Kier molecular flexibility index (Phi) is 6.09. The molecular weight excluding hydrogens is 298 g/mol. The minimum atomic E-state index is -0.384. The highest BCUT2D eigenvalue weighted by atomic mass is 35.5. The molecule has 0 radical (unpaired) electrons. The van der Waals surface area contributed by atoms with Gasteiger partial charge in [0.1, 0.15) is 0 Å². The number of benzene rings is 1. The molecule has 1 saturated heterocycles. The second-order valence-corrected chi connectivity index (χ2v) is 6.32. The predicted molar refractivity (Wildman–Crippen MR) is 83.6 cm³/mol. The fraction of sp³-hybridized carbons (Fsp3) is 0.538. The van der Waals surface area contributed by atoms with Crippen LogP contribution in [0.15, 0.2) is 18.2 Å². The third-order valence-corrected chi connectivity index (χ3v) is 4.45. The molecule has 110 valence electrons. The fourth-order valence-electron chi connectivity index (χ4n) is 2.14. The van der Waals surface area contributed by atoms with Crippen LogP contribution in [0.1, 0.15) is 5.56 Å². The molecule has 2 rings (SSSR count). The monoisotopic (exact) mass is 315 g/mol. The van der Waals surface area contributed by atoms with Crippen molar-refractivity contribution < 1.29 is 4.92 Å². The Labute approximate surface area is 127 Å².